The van der Waals surface area contributed by atoms with Crippen LogP contribution in [0.4, 0.5) is 0 Å². The minimum Gasteiger partial charge on any atom is -0.493 e. The van der Waals surface area contributed by atoms with Crippen LogP contribution in [-0.2, 0) is 11.2 Å². The highest BCUT2D eigenvalue weighted by atomic mass is 32.1. The molecule has 2 aromatic heterocycles. The molecule has 2 aliphatic rings. The standard InChI is InChI=1S/C17H15N3O3S/c1-2-14(21-6-1)17-18-12(9-24-17)16-19-15(20-23-16)11-3-4-13-10(8-11)5-7-22-13/h3-4,8-9,14H,1-2,5-7H2. The summed E-state index contributed by atoms with van der Waals surface area (Å²) in [4.78, 5) is 9.11. The number of ether oxygens (including phenoxy) is 2. The Bertz CT molecular complexity index is 883. The molecule has 0 spiro atoms. The lowest BCUT2D eigenvalue weighted by Gasteiger charge is -2.02. The highest BCUT2D eigenvalue weighted by Crippen LogP contribution is 2.34. The number of benzene rings is 1. The van der Waals surface area contributed by atoms with Crippen molar-refractivity contribution in [1.29, 1.82) is 0 Å². The van der Waals surface area contributed by atoms with E-state index >= 15 is 0 Å². The first-order chi connectivity index (χ1) is 11.9. The Balaban J connectivity index is 1.43. The van der Waals surface area contributed by atoms with E-state index < -0.39 is 0 Å². The van der Waals surface area contributed by atoms with Gasteiger partial charge < -0.3 is 14.0 Å². The summed E-state index contributed by atoms with van der Waals surface area (Å²) in [5, 5.41) is 7.03. The summed E-state index contributed by atoms with van der Waals surface area (Å²) in [7, 11) is 0. The van der Waals surface area contributed by atoms with Crippen LogP contribution in [0.3, 0.4) is 0 Å². The fourth-order valence-corrected chi connectivity index (χ4v) is 3.95. The van der Waals surface area contributed by atoms with Crippen LogP contribution in [0.25, 0.3) is 23.0 Å². The zero-order valence-corrected chi connectivity index (χ0v) is 13.7. The van der Waals surface area contributed by atoms with Crippen molar-refractivity contribution in [2.75, 3.05) is 13.2 Å². The maximum atomic E-state index is 5.67. The summed E-state index contributed by atoms with van der Waals surface area (Å²) in [6.07, 6.45) is 3.15. The van der Waals surface area contributed by atoms with Gasteiger partial charge in [0.25, 0.3) is 5.89 Å². The predicted octanol–water partition coefficient (Wildman–Crippen LogP) is 3.65. The lowest BCUT2D eigenvalue weighted by Crippen LogP contribution is -1.94. The molecule has 4 heterocycles. The Hall–Kier alpha value is -2.25. The number of rotatable bonds is 3. The molecule has 1 unspecified atom stereocenters. The number of hydrogen-bond acceptors (Lipinski definition) is 7. The van der Waals surface area contributed by atoms with E-state index in [1.54, 1.807) is 11.3 Å². The summed E-state index contributed by atoms with van der Waals surface area (Å²) in [5.41, 5.74) is 2.84. The van der Waals surface area contributed by atoms with E-state index in [9.17, 15) is 0 Å². The Kier molecular flexibility index (Phi) is 3.34. The molecule has 0 radical (unpaired) electrons. The number of hydrogen-bond donors (Lipinski definition) is 0. The molecule has 0 bridgehead atoms. The van der Waals surface area contributed by atoms with E-state index in [-0.39, 0.29) is 6.10 Å². The van der Waals surface area contributed by atoms with Gasteiger partial charge >= 0.3 is 0 Å². The molecular weight excluding hydrogens is 326 g/mol. The number of thiazole rings is 1. The molecule has 1 saturated heterocycles. The van der Waals surface area contributed by atoms with Crippen LogP contribution < -0.4 is 4.74 Å². The highest BCUT2D eigenvalue weighted by Gasteiger charge is 2.23. The summed E-state index contributed by atoms with van der Waals surface area (Å²) in [6.45, 7) is 1.55. The molecule has 7 heteroatoms. The summed E-state index contributed by atoms with van der Waals surface area (Å²) < 4.78 is 16.6. The second kappa shape index (κ2) is 5.68. The third kappa shape index (κ3) is 2.40. The van der Waals surface area contributed by atoms with Gasteiger partial charge in [-0.15, -0.1) is 11.3 Å². The molecule has 122 valence electrons. The first-order valence-corrected chi connectivity index (χ1v) is 8.92. The average Bonchev–Trinajstić information content (AvgIpc) is 3.41. The molecule has 5 rings (SSSR count). The second-order valence-corrected chi connectivity index (χ2v) is 6.81. The molecule has 2 aliphatic heterocycles. The number of aromatic nitrogens is 3. The van der Waals surface area contributed by atoms with Crippen molar-refractivity contribution in [2.24, 2.45) is 0 Å². The monoisotopic (exact) mass is 341 g/mol. The van der Waals surface area contributed by atoms with Crippen molar-refractivity contribution in [3.63, 3.8) is 0 Å². The van der Waals surface area contributed by atoms with Crippen molar-refractivity contribution in [1.82, 2.24) is 15.1 Å². The summed E-state index contributed by atoms with van der Waals surface area (Å²) >= 11 is 1.58. The van der Waals surface area contributed by atoms with Crippen LogP contribution in [0.5, 0.6) is 5.75 Å². The molecule has 0 aliphatic carbocycles. The fourth-order valence-electron chi connectivity index (χ4n) is 3.08. The van der Waals surface area contributed by atoms with Crippen LogP contribution in [0.2, 0.25) is 0 Å². The zero-order chi connectivity index (χ0) is 15.9. The van der Waals surface area contributed by atoms with Gasteiger partial charge in [-0.25, -0.2) is 4.98 Å². The molecule has 1 atom stereocenters. The van der Waals surface area contributed by atoms with Gasteiger partial charge in [0.15, 0.2) is 0 Å². The van der Waals surface area contributed by atoms with E-state index in [1.807, 2.05) is 17.5 Å². The Morgan fingerprint density at radius 3 is 3.08 bits per heavy atom. The van der Waals surface area contributed by atoms with Gasteiger partial charge in [-0.05, 0) is 36.6 Å². The molecule has 3 aromatic rings. The molecule has 24 heavy (non-hydrogen) atoms. The lowest BCUT2D eigenvalue weighted by molar-refractivity contribution is 0.112. The van der Waals surface area contributed by atoms with Gasteiger partial charge in [-0.1, -0.05) is 5.16 Å². The summed E-state index contributed by atoms with van der Waals surface area (Å²) in [5.74, 6) is 1.97. The maximum Gasteiger partial charge on any atom is 0.277 e. The fraction of sp³-hybridized carbons (Fsp3) is 0.353. The topological polar surface area (TPSA) is 70.3 Å². The van der Waals surface area contributed by atoms with Crippen LogP contribution in [0.15, 0.2) is 28.1 Å². The zero-order valence-electron chi connectivity index (χ0n) is 12.9. The number of nitrogens with zero attached hydrogens (tertiary/aromatic N) is 3. The van der Waals surface area contributed by atoms with Crippen molar-refractivity contribution >= 4 is 11.3 Å². The van der Waals surface area contributed by atoms with E-state index in [0.717, 1.165) is 48.8 Å². The maximum absolute atomic E-state index is 5.67. The predicted molar refractivity (Wildman–Crippen MR) is 88.0 cm³/mol. The number of fused-ring (bicyclic) bond motifs is 1. The average molecular weight is 341 g/mol. The van der Waals surface area contributed by atoms with Crippen molar-refractivity contribution < 1.29 is 14.0 Å². The normalized spacial score (nSPS) is 19.4. The molecule has 0 amide bonds. The minimum absolute atomic E-state index is 0.114. The second-order valence-electron chi connectivity index (χ2n) is 5.92. The smallest absolute Gasteiger partial charge is 0.277 e. The lowest BCUT2D eigenvalue weighted by atomic mass is 10.1. The van der Waals surface area contributed by atoms with E-state index in [0.29, 0.717) is 17.4 Å². The molecule has 6 nitrogen and oxygen atoms in total. The van der Waals surface area contributed by atoms with Crippen LogP contribution >= 0.6 is 11.3 Å². The van der Waals surface area contributed by atoms with Crippen LogP contribution in [0.1, 0.15) is 29.5 Å². The SMILES string of the molecule is c1cc2c(cc1-c1noc(-c3csc(C4CCCO4)n3)n1)CCO2. The first-order valence-electron chi connectivity index (χ1n) is 8.04. The van der Waals surface area contributed by atoms with Gasteiger partial charge in [0.1, 0.15) is 22.6 Å². The van der Waals surface area contributed by atoms with E-state index in [2.05, 4.69) is 21.2 Å². The first kappa shape index (κ1) is 14.1. The van der Waals surface area contributed by atoms with Crippen molar-refractivity contribution in [3.8, 4) is 28.7 Å². The van der Waals surface area contributed by atoms with Crippen molar-refractivity contribution in [3.05, 3.63) is 34.2 Å². The third-order valence-corrected chi connectivity index (χ3v) is 5.26. The minimum atomic E-state index is 0.114. The summed E-state index contributed by atoms with van der Waals surface area (Å²) in [6, 6.07) is 5.99. The Morgan fingerprint density at radius 2 is 2.17 bits per heavy atom. The van der Waals surface area contributed by atoms with Crippen molar-refractivity contribution in [2.45, 2.75) is 25.4 Å². The Labute approximate surface area is 142 Å². The van der Waals surface area contributed by atoms with E-state index in [1.165, 1.54) is 5.56 Å². The van der Waals surface area contributed by atoms with Gasteiger partial charge in [0.2, 0.25) is 5.82 Å². The molecule has 1 fully saturated rings. The molecule has 1 aromatic carbocycles. The van der Waals surface area contributed by atoms with Crippen LogP contribution in [-0.4, -0.2) is 28.3 Å². The van der Waals surface area contributed by atoms with Gasteiger partial charge in [-0.3, -0.25) is 0 Å². The van der Waals surface area contributed by atoms with Gasteiger partial charge in [-0.2, -0.15) is 4.98 Å². The molecular formula is C17H15N3O3S. The third-order valence-electron chi connectivity index (χ3n) is 4.32. The molecule has 0 N–H and O–H groups in total. The van der Waals surface area contributed by atoms with Gasteiger partial charge in [0, 0.05) is 24.0 Å². The van der Waals surface area contributed by atoms with Gasteiger partial charge in [0.05, 0.1) is 6.61 Å². The van der Waals surface area contributed by atoms with Crippen LogP contribution in [0, 0.1) is 0 Å². The quantitative estimate of drug-likeness (QED) is 0.724. The highest BCUT2D eigenvalue weighted by molar-refractivity contribution is 7.10. The largest absolute Gasteiger partial charge is 0.493 e. The Morgan fingerprint density at radius 1 is 1.17 bits per heavy atom. The van der Waals surface area contributed by atoms with E-state index in [4.69, 9.17) is 14.0 Å². The molecule has 0 saturated carbocycles.